The Morgan fingerprint density at radius 2 is 1.95 bits per heavy atom. The number of carbonyl (C=O) groups excluding carboxylic acids is 1. The third kappa shape index (κ3) is 2.82. The lowest BCUT2D eigenvalue weighted by molar-refractivity contribution is 0.0560. The van der Waals surface area contributed by atoms with Gasteiger partial charge in [-0.3, -0.25) is 0 Å². The predicted molar refractivity (Wildman–Crippen MR) is 84.4 cm³/mol. The standard InChI is InChI=1S/C15H21BN2O2S/c1-10(2)20-13(19)18-15-6-3-14(4-7-15,5-8-15)12-17-9-11(16)21-12/h9-10H,3-8H2,1-2H3,(H,18,19). The molecule has 0 aromatic carbocycles. The van der Waals surface area contributed by atoms with Crippen molar-refractivity contribution >= 4 is 30.1 Å². The lowest BCUT2D eigenvalue weighted by Gasteiger charge is -2.52. The molecule has 3 aliphatic rings. The minimum absolute atomic E-state index is 0.0729. The van der Waals surface area contributed by atoms with E-state index in [0.29, 0.717) is 0 Å². The van der Waals surface area contributed by atoms with Crippen LogP contribution in [-0.2, 0) is 10.2 Å². The highest BCUT2D eigenvalue weighted by Crippen LogP contribution is 2.53. The molecule has 3 saturated carbocycles. The quantitative estimate of drug-likeness (QED) is 0.873. The summed E-state index contributed by atoms with van der Waals surface area (Å²) in [5.41, 5.74) is 0.115. The summed E-state index contributed by atoms with van der Waals surface area (Å²) in [5, 5.41) is 4.30. The molecule has 1 aromatic rings. The first kappa shape index (κ1) is 14.9. The van der Waals surface area contributed by atoms with E-state index in [2.05, 4.69) is 10.3 Å². The number of thiazole rings is 1. The molecular weight excluding hydrogens is 283 g/mol. The largest absolute Gasteiger partial charge is 0.447 e. The van der Waals surface area contributed by atoms with Crippen LogP contribution in [0, 0.1) is 0 Å². The van der Waals surface area contributed by atoms with Gasteiger partial charge in [0.15, 0.2) is 0 Å². The SMILES string of the molecule is [B]c1cnc(C23CCC(NC(=O)OC(C)C)(CC2)CC3)s1. The van der Waals surface area contributed by atoms with E-state index in [1.54, 1.807) is 17.5 Å². The Bertz CT molecular complexity index is 519. The lowest BCUT2D eigenvalue weighted by atomic mass is 9.57. The van der Waals surface area contributed by atoms with Gasteiger partial charge in [0.25, 0.3) is 0 Å². The number of amides is 1. The van der Waals surface area contributed by atoms with E-state index < -0.39 is 0 Å². The maximum atomic E-state index is 11.9. The first-order valence-corrected chi connectivity index (χ1v) is 8.45. The van der Waals surface area contributed by atoms with Crippen LogP contribution in [0.4, 0.5) is 4.79 Å². The Morgan fingerprint density at radius 3 is 2.43 bits per heavy atom. The highest BCUT2D eigenvalue weighted by Gasteiger charge is 2.51. The monoisotopic (exact) mass is 304 g/mol. The highest BCUT2D eigenvalue weighted by molar-refractivity contribution is 7.19. The Balaban J connectivity index is 1.67. The number of hydrogen-bond donors (Lipinski definition) is 1. The van der Waals surface area contributed by atoms with Crippen LogP contribution in [0.1, 0.15) is 57.4 Å². The van der Waals surface area contributed by atoms with Crippen LogP contribution < -0.4 is 10.1 Å². The van der Waals surface area contributed by atoms with Crippen molar-refractivity contribution in [3.63, 3.8) is 0 Å². The van der Waals surface area contributed by atoms with Crippen LogP contribution in [0.25, 0.3) is 0 Å². The molecule has 6 heteroatoms. The minimum Gasteiger partial charge on any atom is -0.447 e. The second-order valence-electron chi connectivity index (χ2n) is 6.71. The van der Waals surface area contributed by atoms with Crippen LogP contribution in [0.15, 0.2) is 6.20 Å². The second kappa shape index (κ2) is 5.31. The molecule has 0 aliphatic heterocycles. The van der Waals surface area contributed by atoms with Gasteiger partial charge < -0.3 is 10.1 Å². The summed E-state index contributed by atoms with van der Waals surface area (Å²) in [5.74, 6) is 0. The molecule has 1 aromatic heterocycles. The zero-order valence-electron chi connectivity index (χ0n) is 12.6. The van der Waals surface area contributed by atoms with Gasteiger partial charge in [-0.1, -0.05) is 0 Å². The van der Waals surface area contributed by atoms with Gasteiger partial charge in [-0.25, -0.2) is 9.78 Å². The molecule has 3 aliphatic carbocycles. The number of aromatic nitrogens is 1. The summed E-state index contributed by atoms with van der Waals surface area (Å²) < 4.78 is 6.03. The van der Waals surface area contributed by atoms with Crippen molar-refractivity contribution in [1.29, 1.82) is 0 Å². The summed E-state index contributed by atoms with van der Waals surface area (Å²) >= 11 is 1.62. The molecule has 1 heterocycles. The van der Waals surface area contributed by atoms with Gasteiger partial charge in [-0.15, -0.1) is 11.3 Å². The fourth-order valence-corrected chi connectivity index (χ4v) is 4.64. The fraction of sp³-hybridized carbons (Fsp3) is 0.733. The van der Waals surface area contributed by atoms with Gasteiger partial charge in [0.1, 0.15) is 7.85 Å². The minimum atomic E-state index is -0.280. The molecule has 2 radical (unpaired) electrons. The number of alkyl carbamates (subject to hydrolysis) is 1. The molecule has 112 valence electrons. The summed E-state index contributed by atoms with van der Waals surface area (Å²) in [6.07, 6.45) is 7.62. The van der Waals surface area contributed by atoms with Crippen molar-refractivity contribution in [2.24, 2.45) is 0 Å². The first-order valence-electron chi connectivity index (χ1n) is 7.64. The van der Waals surface area contributed by atoms with Gasteiger partial charge in [0, 0.05) is 17.2 Å². The van der Waals surface area contributed by atoms with Gasteiger partial charge in [0.05, 0.1) is 11.1 Å². The third-order valence-electron chi connectivity index (χ3n) is 4.93. The molecule has 0 unspecified atom stereocenters. The normalized spacial score (nSPS) is 31.4. The Kier molecular flexibility index (Phi) is 3.76. The second-order valence-corrected chi connectivity index (χ2v) is 7.77. The van der Waals surface area contributed by atoms with E-state index >= 15 is 0 Å². The zero-order valence-corrected chi connectivity index (χ0v) is 13.5. The van der Waals surface area contributed by atoms with E-state index in [0.717, 1.165) is 43.3 Å². The Labute approximate surface area is 131 Å². The topological polar surface area (TPSA) is 51.2 Å². The van der Waals surface area contributed by atoms with Crippen molar-refractivity contribution in [2.75, 3.05) is 0 Å². The highest BCUT2D eigenvalue weighted by atomic mass is 32.1. The molecular formula is C15H21BN2O2S. The van der Waals surface area contributed by atoms with E-state index in [9.17, 15) is 4.79 Å². The molecule has 4 nitrogen and oxygen atoms in total. The number of nitrogens with one attached hydrogen (secondary N) is 1. The van der Waals surface area contributed by atoms with Gasteiger partial charge >= 0.3 is 6.09 Å². The smallest absolute Gasteiger partial charge is 0.407 e. The maximum Gasteiger partial charge on any atom is 0.407 e. The van der Waals surface area contributed by atoms with E-state index in [1.807, 2.05) is 13.8 Å². The van der Waals surface area contributed by atoms with Crippen molar-refractivity contribution in [1.82, 2.24) is 10.3 Å². The molecule has 21 heavy (non-hydrogen) atoms. The molecule has 1 N–H and O–H groups in total. The van der Waals surface area contributed by atoms with Gasteiger partial charge in [-0.2, -0.15) is 0 Å². The summed E-state index contributed by atoms with van der Waals surface area (Å²) in [7, 11) is 5.83. The molecule has 3 fully saturated rings. The zero-order chi connectivity index (χ0) is 15.1. The maximum absolute atomic E-state index is 11.9. The van der Waals surface area contributed by atoms with Crippen molar-refractivity contribution in [3.05, 3.63) is 11.2 Å². The van der Waals surface area contributed by atoms with Crippen LogP contribution in [0.2, 0.25) is 0 Å². The summed E-state index contributed by atoms with van der Waals surface area (Å²) in [6, 6.07) is 0. The number of ether oxygens (including phenoxy) is 1. The summed E-state index contributed by atoms with van der Waals surface area (Å²) in [4.78, 5) is 16.4. The third-order valence-corrected chi connectivity index (χ3v) is 6.01. The van der Waals surface area contributed by atoms with Crippen LogP contribution in [-0.4, -0.2) is 30.6 Å². The average Bonchev–Trinajstić information content (AvgIpc) is 2.87. The number of nitrogens with zero attached hydrogens (tertiary/aromatic N) is 1. The number of carbonyl (C=O) groups is 1. The van der Waals surface area contributed by atoms with Crippen molar-refractivity contribution in [3.8, 4) is 0 Å². The number of rotatable bonds is 3. The van der Waals surface area contributed by atoms with Crippen LogP contribution in [0.5, 0.6) is 0 Å². The van der Waals surface area contributed by atoms with E-state index in [4.69, 9.17) is 12.6 Å². The molecule has 0 atom stereocenters. The van der Waals surface area contributed by atoms with Crippen LogP contribution >= 0.6 is 11.3 Å². The Morgan fingerprint density at radius 1 is 1.33 bits per heavy atom. The summed E-state index contributed by atoms with van der Waals surface area (Å²) in [6.45, 7) is 3.74. The fourth-order valence-electron chi connectivity index (χ4n) is 3.69. The van der Waals surface area contributed by atoms with Gasteiger partial charge in [0.2, 0.25) is 0 Å². The molecule has 4 rings (SSSR count). The molecule has 0 saturated heterocycles. The molecule has 0 spiro atoms. The molecule has 2 bridgehead atoms. The van der Waals surface area contributed by atoms with Crippen molar-refractivity contribution in [2.45, 2.75) is 69.4 Å². The lowest BCUT2D eigenvalue weighted by Crippen LogP contribution is -2.58. The Hall–Kier alpha value is -1.04. The van der Waals surface area contributed by atoms with E-state index in [1.165, 1.54) is 5.01 Å². The van der Waals surface area contributed by atoms with Crippen molar-refractivity contribution < 1.29 is 9.53 Å². The number of hydrogen-bond acceptors (Lipinski definition) is 4. The average molecular weight is 304 g/mol. The molecule has 1 amide bonds. The predicted octanol–water partition coefficient (Wildman–Crippen LogP) is 2.42. The number of fused-ring (bicyclic) bond motifs is 3. The van der Waals surface area contributed by atoms with Crippen LogP contribution in [0.3, 0.4) is 0 Å². The first-order chi connectivity index (χ1) is 9.93. The van der Waals surface area contributed by atoms with Gasteiger partial charge in [-0.05, 0) is 57.1 Å². The van der Waals surface area contributed by atoms with E-state index in [-0.39, 0.29) is 23.2 Å².